The van der Waals surface area contributed by atoms with E-state index in [1.54, 1.807) is 12.1 Å². The SMILES string of the molecule is NC(=S)C(COc1cccc(Cl)c1)C(F)(F)F. The van der Waals surface area contributed by atoms with Gasteiger partial charge in [0.25, 0.3) is 0 Å². The van der Waals surface area contributed by atoms with Gasteiger partial charge in [-0.2, -0.15) is 13.2 Å². The molecule has 0 radical (unpaired) electrons. The minimum absolute atomic E-state index is 0.239. The first kappa shape index (κ1) is 14.1. The predicted octanol–water partition coefficient (Wildman–Crippen LogP) is 3.18. The summed E-state index contributed by atoms with van der Waals surface area (Å²) in [6.07, 6.45) is -4.51. The van der Waals surface area contributed by atoms with Crippen molar-refractivity contribution in [2.75, 3.05) is 6.61 Å². The number of nitrogens with two attached hydrogens (primary N) is 1. The molecule has 2 nitrogen and oxygen atoms in total. The maximum atomic E-state index is 12.5. The number of alkyl halides is 3. The van der Waals surface area contributed by atoms with Crippen molar-refractivity contribution < 1.29 is 17.9 Å². The normalized spacial score (nSPS) is 13.2. The molecular weight excluding hydrogens is 275 g/mol. The lowest BCUT2D eigenvalue weighted by molar-refractivity contribution is -0.161. The van der Waals surface area contributed by atoms with Crippen LogP contribution in [0.2, 0.25) is 5.02 Å². The topological polar surface area (TPSA) is 35.2 Å². The van der Waals surface area contributed by atoms with E-state index < -0.39 is 23.7 Å². The molecule has 1 aromatic carbocycles. The summed E-state index contributed by atoms with van der Waals surface area (Å²) in [6, 6.07) is 6.07. The van der Waals surface area contributed by atoms with Gasteiger partial charge in [0.1, 0.15) is 18.3 Å². The molecule has 1 rings (SSSR count). The van der Waals surface area contributed by atoms with Crippen LogP contribution in [0.15, 0.2) is 24.3 Å². The number of benzene rings is 1. The number of hydrogen-bond donors (Lipinski definition) is 1. The Morgan fingerprint density at radius 1 is 1.47 bits per heavy atom. The molecule has 0 fully saturated rings. The lowest BCUT2D eigenvalue weighted by atomic mass is 10.1. The van der Waals surface area contributed by atoms with E-state index in [4.69, 9.17) is 22.1 Å². The summed E-state index contributed by atoms with van der Waals surface area (Å²) in [5, 5.41) is 0.376. The first-order valence-corrected chi connectivity index (χ1v) is 5.33. The predicted molar refractivity (Wildman–Crippen MR) is 63.3 cm³/mol. The van der Waals surface area contributed by atoms with Gasteiger partial charge in [-0.25, -0.2) is 0 Å². The van der Waals surface area contributed by atoms with E-state index >= 15 is 0 Å². The van der Waals surface area contributed by atoms with E-state index in [9.17, 15) is 13.2 Å². The highest BCUT2D eigenvalue weighted by Crippen LogP contribution is 2.27. The highest BCUT2D eigenvalue weighted by Gasteiger charge is 2.42. The third kappa shape index (κ3) is 4.40. The summed E-state index contributed by atoms with van der Waals surface area (Å²) in [4.78, 5) is -0.639. The third-order valence-corrected chi connectivity index (χ3v) is 2.47. The molecule has 0 amide bonds. The first-order chi connectivity index (χ1) is 7.80. The minimum Gasteiger partial charge on any atom is -0.492 e. The van der Waals surface area contributed by atoms with Crippen molar-refractivity contribution in [3.05, 3.63) is 29.3 Å². The van der Waals surface area contributed by atoms with Gasteiger partial charge in [0.05, 0.1) is 4.99 Å². The average Bonchev–Trinajstić information content (AvgIpc) is 2.15. The molecule has 0 aliphatic carbocycles. The molecule has 0 heterocycles. The Labute approximate surface area is 107 Å². The Morgan fingerprint density at radius 3 is 2.59 bits per heavy atom. The van der Waals surface area contributed by atoms with Crippen molar-refractivity contribution in [1.82, 2.24) is 0 Å². The molecule has 17 heavy (non-hydrogen) atoms. The fraction of sp³-hybridized carbons (Fsp3) is 0.300. The molecule has 0 saturated carbocycles. The second-order valence-corrected chi connectivity index (χ2v) is 4.17. The highest BCUT2D eigenvalue weighted by atomic mass is 35.5. The van der Waals surface area contributed by atoms with E-state index in [1.165, 1.54) is 12.1 Å². The van der Waals surface area contributed by atoms with E-state index in [2.05, 4.69) is 12.2 Å². The fourth-order valence-corrected chi connectivity index (χ4v) is 1.46. The Kier molecular flexibility index (Phi) is 4.59. The van der Waals surface area contributed by atoms with Gasteiger partial charge in [-0.1, -0.05) is 29.9 Å². The van der Waals surface area contributed by atoms with Crippen LogP contribution >= 0.6 is 23.8 Å². The number of halogens is 4. The van der Waals surface area contributed by atoms with Crippen LogP contribution in [-0.4, -0.2) is 17.8 Å². The van der Waals surface area contributed by atoms with E-state index in [0.29, 0.717) is 5.02 Å². The molecule has 0 spiro atoms. The number of rotatable bonds is 4. The number of thiocarbonyl (C=S) groups is 1. The van der Waals surface area contributed by atoms with Crippen molar-refractivity contribution in [3.63, 3.8) is 0 Å². The van der Waals surface area contributed by atoms with E-state index in [-0.39, 0.29) is 5.75 Å². The zero-order valence-electron chi connectivity index (χ0n) is 8.50. The molecule has 1 atom stereocenters. The smallest absolute Gasteiger partial charge is 0.401 e. The summed E-state index contributed by atoms with van der Waals surface area (Å²) in [5.74, 6) is -1.72. The third-order valence-electron chi connectivity index (χ3n) is 1.95. The maximum Gasteiger partial charge on any atom is 0.401 e. The molecule has 0 bridgehead atoms. The molecule has 2 N–H and O–H groups in total. The maximum absolute atomic E-state index is 12.5. The molecule has 0 aliphatic heterocycles. The van der Waals surface area contributed by atoms with Gasteiger partial charge in [-0.15, -0.1) is 0 Å². The van der Waals surface area contributed by atoms with Crippen molar-refractivity contribution in [3.8, 4) is 5.75 Å². The monoisotopic (exact) mass is 283 g/mol. The van der Waals surface area contributed by atoms with Crippen LogP contribution in [0.4, 0.5) is 13.2 Å². The Morgan fingerprint density at radius 2 is 2.12 bits per heavy atom. The molecule has 0 aliphatic rings. The molecule has 0 saturated heterocycles. The van der Waals surface area contributed by atoms with Crippen LogP contribution in [0.25, 0.3) is 0 Å². The van der Waals surface area contributed by atoms with Crippen molar-refractivity contribution >= 4 is 28.8 Å². The van der Waals surface area contributed by atoms with E-state index in [0.717, 1.165) is 0 Å². The summed E-state index contributed by atoms with van der Waals surface area (Å²) in [7, 11) is 0. The lowest BCUT2D eigenvalue weighted by Gasteiger charge is -2.19. The Bertz CT molecular complexity index is 411. The summed E-state index contributed by atoms with van der Waals surface area (Å²) in [6.45, 7) is -0.654. The van der Waals surface area contributed by atoms with Crippen LogP contribution in [0.3, 0.4) is 0 Å². The van der Waals surface area contributed by atoms with E-state index in [1.807, 2.05) is 0 Å². The second-order valence-electron chi connectivity index (χ2n) is 3.26. The lowest BCUT2D eigenvalue weighted by Crippen LogP contribution is -2.38. The summed E-state index contributed by atoms with van der Waals surface area (Å²) >= 11 is 10.0. The second kappa shape index (κ2) is 5.55. The van der Waals surface area contributed by atoms with Crippen molar-refractivity contribution in [1.29, 1.82) is 0 Å². The van der Waals surface area contributed by atoms with Crippen molar-refractivity contribution in [2.45, 2.75) is 6.18 Å². The number of hydrogen-bond acceptors (Lipinski definition) is 2. The van der Waals surface area contributed by atoms with Gasteiger partial charge < -0.3 is 10.5 Å². The standard InChI is InChI=1S/C10H9ClF3NOS/c11-6-2-1-3-7(4-6)16-5-8(9(15)17)10(12,13)14/h1-4,8H,5H2,(H2,15,17). The summed E-state index contributed by atoms with van der Waals surface area (Å²) < 4.78 is 42.4. The quantitative estimate of drug-likeness (QED) is 0.862. The zero-order chi connectivity index (χ0) is 13.1. The Hall–Kier alpha value is -1.01. The van der Waals surface area contributed by atoms with Crippen LogP contribution in [-0.2, 0) is 0 Å². The molecule has 94 valence electrons. The minimum atomic E-state index is -4.51. The van der Waals surface area contributed by atoms with Gasteiger partial charge in [-0.05, 0) is 18.2 Å². The zero-order valence-corrected chi connectivity index (χ0v) is 10.1. The molecule has 7 heteroatoms. The first-order valence-electron chi connectivity index (χ1n) is 4.55. The number of ether oxygens (including phenoxy) is 1. The van der Waals surface area contributed by atoms with Gasteiger partial charge >= 0.3 is 6.18 Å². The highest BCUT2D eigenvalue weighted by molar-refractivity contribution is 7.80. The molecule has 1 aromatic rings. The van der Waals surface area contributed by atoms with Gasteiger partial charge in [-0.3, -0.25) is 0 Å². The molecule has 1 unspecified atom stereocenters. The van der Waals surface area contributed by atoms with Gasteiger partial charge in [0, 0.05) is 5.02 Å². The molecular formula is C10H9ClF3NOS. The van der Waals surface area contributed by atoms with Gasteiger partial charge in [0.2, 0.25) is 0 Å². The fourth-order valence-electron chi connectivity index (χ4n) is 1.07. The summed E-state index contributed by atoms with van der Waals surface area (Å²) in [5.41, 5.74) is 5.02. The van der Waals surface area contributed by atoms with Crippen LogP contribution in [0.5, 0.6) is 5.75 Å². The van der Waals surface area contributed by atoms with Crippen LogP contribution in [0.1, 0.15) is 0 Å². The van der Waals surface area contributed by atoms with Gasteiger partial charge in [0.15, 0.2) is 0 Å². The molecule has 0 aromatic heterocycles. The Balaban J connectivity index is 2.68. The van der Waals surface area contributed by atoms with Crippen LogP contribution in [0, 0.1) is 5.92 Å². The van der Waals surface area contributed by atoms with Crippen molar-refractivity contribution in [2.24, 2.45) is 11.7 Å². The largest absolute Gasteiger partial charge is 0.492 e. The van der Waals surface area contributed by atoms with Crippen LogP contribution < -0.4 is 10.5 Å². The average molecular weight is 284 g/mol.